The van der Waals surface area contributed by atoms with Crippen LogP contribution >= 0.6 is 15.9 Å². The fourth-order valence-corrected chi connectivity index (χ4v) is 1.99. The van der Waals surface area contributed by atoms with E-state index < -0.39 is 4.92 Å². The fourth-order valence-electron chi connectivity index (χ4n) is 1.46. The Hall–Kier alpha value is -2.22. The van der Waals surface area contributed by atoms with E-state index in [0.29, 0.717) is 21.7 Å². The van der Waals surface area contributed by atoms with Gasteiger partial charge in [-0.2, -0.15) is 0 Å². The van der Waals surface area contributed by atoms with Gasteiger partial charge in [0, 0.05) is 13.1 Å². The van der Waals surface area contributed by atoms with Gasteiger partial charge in [0.15, 0.2) is 0 Å². The third-order valence-electron chi connectivity index (χ3n) is 2.48. The van der Waals surface area contributed by atoms with Gasteiger partial charge in [-0.1, -0.05) is 6.07 Å². The molecule has 0 saturated heterocycles. The van der Waals surface area contributed by atoms with Crippen molar-refractivity contribution in [1.29, 1.82) is 0 Å². The molecule has 0 fully saturated rings. The number of nitrogens with one attached hydrogen (secondary N) is 1. The molecular weight excluding hydrogens is 328 g/mol. The second-order valence-corrected chi connectivity index (χ2v) is 4.57. The molecule has 0 amide bonds. The summed E-state index contributed by atoms with van der Waals surface area (Å²) in [6.07, 6.45) is 3.16. The molecule has 2 aromatic rings. The molecule has 0 saturated carbocycles. The van der Waals surface area contributed by atoms with Gasteiger partial charge in [-0.05, 0) is 22.0 Å². The Morgan fingerprint density at radius 1 is 1.40 bits per heavy atom. The van der Waals surface area contributed by atoms with Gasteiger partial charge in [-0.15, -0.1) is 0 Å². The van der Waals surface area contributed by atoms with Crippen molar-refractivity contribution in [3.05, 3.63) is 50.9 Å². The number of benzene rings is 1. The highest BCUT2D eigenvalue weighted by molar-refractivity contribution is 9.10. The Morgan fingerprint density at radius 2 is 2.20 bits per heavy atom. The van der Waals surface area contributed by atoms with Gasteiger partial charge in [-0.3, -0.25) is 15.1 Å². The van der Waals surface area contributed by atoms with E-state index in [9.17, 15) is 10.1 Å². The van der Waals surface area contributed by atoms with Crippen LogP contribution in [0.4, 0.5) is 11.5 Å². The highest BCUT2D eigenvalue weighted by Gasteiger charge is 2.15. The first-order valence-corrected chi connectivity index (χ1v) is 6.45. The molecule has 0 aliphatic rings. The quantitative estimate of drug-likeness (QED) is 0.665. The van der Waals surface area contributed by atoms with E-state index in [0.717, 1.165) is 0 Å². The maximum Gasteiger partial charge on any atom is 0.287 e. The largest absolute Gasteiger partial charge is 0.486 e. The van der Waals surface area contributed by atoms with E-state index in [1.54, 1.807) is 31.6 Å². The standard InChI is InChI=1S/C12H11BrN4O3/c1-14-11-6-15-8(5-16-11)7-20-10-4-2-3-9(12(10)13)17(18)19/h2-6H,7H2,1H3,(H,14,16). The molecule has 8 heteroatoms. The number of halogens is 1. The summed E-state index contributed by atoms with van der Waals surface area (Å²) < 4.78 is 5.82. The number of nitro groups is 1. The van der Waals surface area contributed by atoms with E-state index in [1.807, 2.05) is 0 Å². The first-order valence-electron chi connectivity index (χ1n) is 5.66. The molecule has 0 aliphatic carbocycles. The highest BCUT2D eigenvalue weighted by Crippen LogP contribution is 2.34. The van der Waals surface area contributed by atoms with Gasteiger partial charge < -0.3 is 10.1 Å². The molecule has 7 nitrogen and oxygen atoms in total. The monoisotopic (exact) mass is 338 g/mol. The van der Waals surface area contributed by atoms with E-state index in [-0.39, 0.29) is 12.3 Å². The Morgan fingerprint density at radius 3 is 2.80 bits per heavy atom. The minimum Gasteiger partial charge on any atom is -0.486 e. The number of ether oxygens (including phenoxy) is 1. The Bertz CT molecular complexity index is 619. The summed E-state index contributed by atoms with van der Waals surface area (Å²) in [5.74, 6) is 1.05. The number of nitro benzene ring substituents is 1. The summed E-state index contributed by atoms with van der Waals surface area (Å²) in [6.45, 7) is 0.177. The van der Waals surface area contributed by atoms with Gasteiger partial charge in [-0.25, -0.2) is 4.98 Å². The smallest absolute Gasteiger partial charge is 0.287 e. The maximum atomic E-state index is 10.8. The summed E-state index contributed by atoms with van der Waals surface area (Å²) in [5.41, 5.74) is 0.585. The van der Waals surface area contributed by atoms with Crippen LogP contribution < -0.4 is 10.1 Å². The van der Waals surface area contributed by atoms with Crippen molar-refractivity contribution in [3.8, 4) is 5.75 Å². The van der Waals surface area contributed by atoms with Crippen molar-refractivity contribution in [3.63, 3.8) is 0 Å². The molecular formula is C12H11BrN4O3. The molecule has 2 rings (SSSR count). The Balaban J connectivity index is 2.10. The van der Waals surface area contributed by atoms with E-state index >= 15 is 0 Å². The van der Waals surface area contributed by atoms with Crippen LogP contribution in [0.25, 0.3) is 0 Å². The zero-order valence-corrected chi connectivity index (χ0v) is 12.1. The van der Waals surface area contributed by atoms with Gasteiger partial charge in [0.1, 0.15) is 22.6 Å². The maximum absolute atomic E-state index is 10.8. The molecule has 0 radical (unpaired) electrons. The zero-order chi connectivity index (χ0) is 14.5. The van der Waals surface area contributed by atoms with Crippen LogP contribution in [0.3, 0.4) is 0 Å². The predicted octanol–water partition coefficient (Wildman–Crippen LogP) is 2.77. The zero-order valence-electron chi connectivity index (χ0n) is 10.5. The van der Waals surface area contributed by atoms with E-state index in [2.05, 4.69) is 31.2 Å². The first kappa shape index (κ1) is 14.2. The molecule has 1 heterocycles. The number of hydrogen-bond acceptors (Lipinski definition) is 6. The molecule has 1 aromatic heterocycles. The van der Waals surface area contributed by atoms with Gasteiger partial charge >= 0.3 is 0 Å². The second kappa shape index (κ2) is 6.29. The predicted molar refractivity (Wildman–Crippen MR) is 76.7 cm³/mol. The highest BCUT2D eigenvalue weighted by atomic mass is 79.9. The van der Waals surface area contributed by atoms with Crippen LogP contribution in [-0.4, -0.2) is 21.9 Å². The lowest BCUT2D eigenvalue weighted by Crippen LogP contribution is -2.02. The summed E-state index contributed by atoms with van der Waals surface area (Å²) in [5, 5.41) is 13.7. The molecule has 0 aliphatic heterocycles. The average molecular weight is 339 g/mol. The topological polar surface area (TPSA) is 90.2 Å². The Kier molecular flexibility index (Phi) is 4.46. The molecule has 1 N–H and O–H groups in total. The molecule has 0 atom stereocenters. The second-order valence-electron chi connectivity index (χ2n) is 3.78. The number of hydrogen-bond donors (Lipinski definition) is 1. The van der Waals surface area contributed by atoms with Crippen LogP contribution in [0.2, 0.25) is 0 Å². The lowest BCUT2D eigenvalue weighted by Gasteiger charge is -2.08. The number of rotatable bonds is 5. The summed E-state index contributed by atoms with van der Waals surface area (Å²) >= 11 is 3.17. The average Bonchev–Trinajstić information content (AvgIpc) is 2.46. The van der Waals surface area contributed by atoms with Crippen molar-refractivity contribution < 1.29 is 9.66 Å². The van der Waals surface area contributed by atoms with E-state index in [4.69, 9.17) is 4.74 Å². The Labute approximate surface area is 123 Å². The van der Waals surface area contributed by atoms with Crippen LogP contribution in [0, 0.1) is 10.1 Å². The van der Waals surface area contributed by atoms with Crippen LogP contribution in [0.5, 0.6) is 5.75 Å². The van der Waals surface area contributed by atoms with Crippen molar-refractivity contribution in [2.75, 3.05) is 12.4 Å². The van der Waals surface area contributed by atoms with Crippen molar-refractivity contribution >= 4 is 27.4 Å². The normalized spacial score (nSPS) is 10.1. The third-order valence-corrected chi connectivity index (χ3v) is 3.27. The first-order chi connectivity index (χ1) is 9.61. The van der Waals surface area contributed by atoms with Gasteiger partial charge in [0.25, 0.3) is 5.69 Å². The summed E-state index contributed by atoms with van der Waals surface area (Å²) in [4.78, 5) is 18.6. The van der Waals surface area contributed by atoms with Crippen molar-refractivity contribution in [2.45, 2.75) is 6.61 Å². The third kappa shape index (κ3) is 3.21. The van der Waals surface area contributed by atoms with Crippen molar-refractivity contribution in [1.82, 2.24) is 9.97 Å². The van der Waals surface area contributed by atoms with Crippen molar-refractivity contribution in [2.24, 2.45) is 0 Å². The minimum atomic E-state index is -0.474. The molecule has 0 unspecified atom stereocenters. The molecule has 0 spiro atoms. The number of anilines is 1. The fraction of sp³-hybridized carbons (Fsp3) is 0.167. The summed E-state index contributed by atoms with van der Waals surface area (Å²) in [7, 11) is 1.75. The van der Waals surface area contributed by atoms with Gasteiger partial charge in [0.05, 0.1) is 23.0 Å². The lowest BCUT2D eigenvalue weighted by molar-refractivity contribution is -0.385. The summed E-state index contributed by atoms with van der Waals surface area (Å²) in [6, 6.07) is 4.61. The number of aromatic nitrogens is 2. The van der Waals surface area contributed by atoms with Crippen LogP contribution in [-0.2, 0) is 6.61 Å². The molecule has 0 bridgehead atoms. The van der Waals surface area contributed by atoms with Gasteiger partial charge in [0.2, 0.25) is 0 Å². The SMILES string of the molecule is CNc1cnc(COc2cccc([N+](=O)[O-])c2Br)cn1. The molecule has 1 aromatic carbocycles. The lowest BCUT2D eigenvalue weighted by atomic mass is 10.3. The van der Waals surface area contributed by atoms with E-state index in [1.165, 1.54) is 6.07 Å². The number of nitrogens with zero attached hydrogens (tertiary/aromatic N) is 3. The van der Waals surface area contributed by atoms with Crippen LogP contribution in [0.1, 0.15) is 5.69 Å². The molecule has 20 heavy (non-hydrogen) atoms. The minimum absolute atomic E-state index is 0.0425. The van der Waals surface area contributed by atoms with Crippen LogP contribution in [0.15, 0.2) is 35.1 Å². The molecule has 104 valence electrons.